The fourth-order valence-corrected chi connectivity index (χ4v) is 5.33. The van der Waals surface area contributed by atoms with Crippen LogP contribution < -0.4 is 4.80 Å². The Kier molecular flexibility index (Phi) is 6.39. The van der Waals surface area contributed by atoms with Crippen LogP contribution in [0, 0.1) is 6.92 Å². The Morgan fingerprint density at radius 1 is 1.14 bits per heavy atom. The van der Waals surface area contributed by atoms with Crippen molar-refractivity contribution in [1.82, 2.24) is 4.57 Å². The van der Waals surface area contributed by atoms with Crippen LogP contribution in [0.3, 0.4) is 0 Å². The first kappa shape index (κ1) is 21.5. The summed E-state index contributed by atoms with van der Waals surface area (Å²) in [6, 6.07) is 12.8. The predicted octanol–water partition coefficient (Wildman–Crippen LogP) is 4.45. The summed E-state index contributed by atoms with van der Waals surface area (Å²) in [7, 11) is -3.72. The molecule has 0 aliphatic carbocycles. The third-order valence-corrected chi connectivity index (χ3v) is 7.39. The van der Waals surface area contributed by atoms with Gasteiger partial charge in [0.2, 0.25) is 0 Å². The normalized spacial score (nSPS) is 12.8. The zero-order chi connectivity index (χ0) is 21.2. The maximum absolute atomic E-state index is 12.6. The minimum Gasteiger partial charge on any atom is -0.316 e. The van der Waals surface area contributed by atoms with Crippen molar-refractivity contribution in [3.8, 4) is 0 Å². The monoisotopic (exact) mass is 430 g/mol. The number of hydrogen-bond acceptors (Lipinski definition) is 4. The van der Waals surface area contributed by atoms with Gasteiger partial charge in [-0.05, 0) is 49.1 Å². The Labute approximate surface area is 175 Å². The Morgan fingerprint density at radius 3 is 2.45 bits per heavy atom. The standard InChI is InChI=1S/C22H26N2O3S2/c1-5-12-24-19-11-8-17(15(2)3)13-20(19)28-22(24)23-21(25)14-29(26,27)18-9-6-16(4)7-10-18/h6-11,13,15H,5,12,14H2,1-4H3. The minimum absolute atomic E-state index is 0.144. The Morgan fingerprint density at radius 2 is 1.83 bits per heavy atom. The van der Waals surface area contributed by atoms with Gasteiger partial charge in [0.1, 0.15) is 5.75 Å². The van der Waals surface area contributed by atoms with E-state index in [-0.39, 0.29) is 4.90 Å². The molecule has 1 amide bonds. The number of fused-ring (bicyclic) bond motifs is 1. The Bertz CT molecular complexity index is 1200. The smallest absolute Gasteiger partial charge is 0.263 e. The zero-order valence-corrected chi connectivity index (χ0v) is 18.8. The lowest BCUT2D eigenvalue weighted by Gasteiger charge is -2.06. The van der Waals surface area contributed by atoms with Crippen molar-refractivity contribution < 1.29 is 13.2 Å². The van der Waals surface area contributed by atoms with E-state index in [0.29, 0.717) is 10.7 Å². The summed E-state index contributed by atoms with van der Waals surface area (Å²) in [5.74, 6) is -0.873. The number of carbonyl (C=O) groups is 1. The molecule has 0 N–H and O–H groups in total. The molecule has 0 saturated heterocycles. The molecular weight excluding hydrogens is 404 g/mol. The van der Waals surface area contributed by atoms with Gasteiger partial charge in [-0.25, -0.2) is 8.42 Å². The van der Waals surface area contributed by atoms with Crippen LogP contribution >= 0.6 is 11.3 Å². The fraction of sp³-hybridized carbons (Fsp3) is 0.364. The molecule has 0 aliphatic rings. The van der Waals surface area contributed by atoms with E-state index < -0.39 is 21.5 Å². The van der Waals surface area contributed by atoms with Crippen LogP contribution in [0.4, 0.5) is 0 Å². The predicted molar refractivity (Wildman–Crippen MR) is 118 cm³/mol. The van der Waals surface area contributed by atoms with Crippen molar-refractivity contribution in [2.24, 2.45) is 4.99 Å². The maximum atomic E-state index is 12.6. The molecule has 0 unspecified atom stereocenters. The second kappa shape index (κ2) is 8.63. The molecule has 0 aliphatic heterocycles. The molecule has 154 valence electrons. The number of carbonyl (C=O) groups excluding carboxylic acids is 1. The third-order valence-electron chi connectivity index (χ3n) is 4.73. The number of benzene rings is 2. The highest BCUT2D eigenvalue weighted by Gasteiger charge is 2.19. The highest BCUT2D eigenvalue weighted by Crippen LogP contribution is 2.24. The lowest BCUT2D eigenvalue weighted by Crippen LogP contribution is -2.21. The van der Waals surface area contributed by atoms with Crippen molar-refractivity contribution in [2.75, 3.05) is 5.75 Å². The third kappa shape index (κ3) is 4.85. The summed E-state index contributed by atoms with van der Waals surface area (Å²) < 4.78 is 28.2. The topological polar surface area (TPSA) is 68.5 Å². The van der Waals surface area contributed by atoms with Crippen LogP contribution in [0.1, 0.15) is 44.2 Å². The summed E-state index contributed by atoms with van der Waals surface area (Å²) in [6.07, 6.45) is 0.890. The first-order valence-corrected chi connectivity index (χ1v) is 12.2. The van der Waals surface area contributed by atoms with E-state index >= 15 is 0 Å². The highest BCUT2D eigenvalue weighted by molar-refractivity contribution is 7.92. The van der Waals surface area contributed by atoms with Gasteiger partial charge in [-0.2, -0.15) is 4.99 Å². The van der Waals surface area contributed by atoms with Crippen molar-refractivity contribution >= 4 is 37.3 Å². The number of aryl methyl sites for hydroxylation is 2. The van der Waals surface area contributed by atoms with E-state index in [2.05, 4.69) is 44.0 Å². The van der Waals surface area contributed by atoms with E-state index in [0.717, 1.165) is 28.7 Å². The summed E-state index contributed by atoms with van der Waals surface area (Å²) in [6.45, 7) is 8.94. The van der Waals surface area contributed by atoms with Crippen molar-refractivity contribution in [3.63, 3.8) is 0 Å². The Hall–Kier alpha value is -2.25. The van der Waals surface area contributed by atoms with Gasteiger partial charge in [0, 0.05) is 6.54 Å². The van der Waals surface area contributed by atoms with Crippen LogP contribution in [-0.2, 0) is 21.2 Å². The van der Waals surface area contributed by atoms with Crippen molar-refractivity contribution in [2.45, 2.75) is 51.5 Å². The van der Waals surface area contributed by atoms with Gasteiger partial charge >= 0.3 is 0 Å². The molecule has 29 heavy (non-hydrogen) atoms. The molecule has 5 nitrogen and oxygen atoms in total. The van der Waals surface area contributed by atoms with Crippen LogP contribution in [0.2, 0.25) is 0 Å². The van der Waals surface area contributed by atoms with Crippen LogP contribution in [0.15, 0.2) is 52.4 Å². The van der Waals surface area contributed by atoms with Gasteiger partial charge in [0.05, 0.1) is 15.1 Å². The van der Waals surface area contributed by atoms with E-state index in [9.17, 15) is 13.2 Å². The number of sulfone groups is 1. The number of nitrogens with zero attached hydrogens (tertiary/aromatic N) is 2. The summed E-state index contributed by atoms with van der Waals surface area (Å²) in [5, 5.41) is 0. The zero-order valence-electron chi connectivity index (χ0n) is 17.2. The second-order valence-electron chi connectivity index (χ2n) is 7.50. The van der Waals surface area contributed by atoms with E-state index in [1.807, 2.05) is 11.5 Å². The largest absolute Gasteiger partial charge is 0.316 e. The molecule has 0 spiro atoms. The SMILES string of the molecule is CCCn1c(=NC(=O)CS(=O)(=O)c2ccc(C)cc2)sc2cc(C(C)C)ccc21. The van der Waals surface area contributed by atoms with E-state index in [1.54, 1.807) is 12.1 Å². The van der Waals surface area contributed by atoms with Gasteiger partial charge in [0.25, 0.3) is 5.91 Å². The lowest BCUT2D eigenvalue weighted by molar-refractivity contribution is -0.115. The average Bonchev–Trinajstić information content (AvgIpc) is 2.98. The molecule has 1 heterocycles. The van der Waals surface area contributed by atoms with E-state index in [4.69, 9.17) is 0 Å². The molecule has 3 aromatic rings. The lowest BCUT2D eigenvalue weighted by atomic mass is 10.0. The summed E-state index contributed by atoms with van der Waals surface area (Å²) in [4.78, 5) is 17.4. The Balaban J connectivity index is 1.98. The molecular formula is C22H26N2O3S2. The molecule has 0 radical (unpaired) electrons. The summed E-state index contributed by atoms with van der Waals surface area (Å²) >= 11 is 1.43. The number of rotatable bonds is 6. The molecule has 3 rings (SSSR count). The van der Waals surface area contributed by atoms with Gasteiger partial charge in [-0.1, -0.05) is 55.9 Å². The summed E-state index contributed by atoms with van der Waals surface area (Å²) in [5.41, 5.74) is 3.21. The van der Waals surface area contributed by atoms with Gasteiger partial charge in [-0.3, -0.25) is 4.79 Å². The van der Waals surface area contributed by atoms with Crippen molar-refractivity contribution in [1.29, 1.82) is 0 Å². The van der Waals surface area contributed by atoms with Crippen LogP contribution in [0.5, 0.6) is 0 Å². The number of thiazole rings is 1. The molecule has 7 heteroatoms. The number of amides is 1. The van der Waals surface area contributed by atoms with Gasteiger partial charge in [0.15, 0.2) is 14.6 Å². The van der Waals surface area contributed by atoms with E-state index in [1.165, 1.54) is 29.0 Å². The maximum Gasteiger partial charge on any atom is 0.263 e. The molecule has 2 aromatic carbocycles. The molecule has 0 saturated carbocycles. The molecule has 0 bridgehead atoms. The van der Waals surface area contributed by atoms with Crippen LogP contribution in [0.25, 0.3) is 10.2 Å². The highest BCUT2D eigenvalue weighted by atomic mass is 32.2. The second-order valence-corrected chi connectivity index (χ2v) is 10.5. The molecule has 1 aromatic heterocycles. The number of hydrogen-bond donors (Lipinski definition) is 0. The fourth-order valence-electron chi connectivity index (χ4n) is 3.10. The molecule has 0 fully saturated rings. The molecule has 0 atom stereocenters. The van der Waals surface area contributed by atoms with Crippen LogP contribution in [-0.4, -0.2) is 24.6 Å². The minimum atomic E-state index is -3.72. The first-order valence-electron chi connectivity index (χ1n) is 9.71. The van der Waals surface area contributed by atoms with Gasteiger partial charge < -0.3 is 4.57 Å². The number of aromatic nitrogens is 1. The van der Waals surface area contributed by atoms with Crippen molar-refractivity contribution in [3.05, 3.63) is 58.4 Å². The quantitative estimate of drug-likeness (QED) is 0.580. The van der Waals surface area contributed by atoms with Gasteiger partial charge in [-0.15, -0.1) is 0 Å². The first-order chi connectivity index (χ1) is 13.7. The average molecular weight is 431 g/mol.